The molecular weight excluding hydrogens is 284 g/mol. The normalized spacial score (nSPS) is 18.6. The van der Waals surface area contributed by atoms with Gasteiger partial charge in [-0.25, -0.2) is 0 Å². The van der Waals surface area contributed by atoms with Crippen molar-refractivity contribution in [3.8, 4) is 0 Å². The fraction of sp³-hybridized carbons (Fsp3) is 0.550. The highest BCUT2D eigenvalue weighted by Crippen LogP contribution is 2.17. The van der Waals surface area contributed by atoms with E-state index in [1.165, 1.54) is 24.9 Å². The molecule has 1 saturated heterocycles. The molecule has 23 heavy (non-hydrogen) atoms. The lowest BCUT2D eigenvalue weighted by Gasteiger charge is -2.34. The van der Waals surface area contributed by atoms with Crippen molar-refractivity contribution in [2.75, 3.05) is 33.2 Å². The molecule has 126 valence electrons. The van der Waals surface area contributed by atoms with Crippen molar-refractivity contribution in [3.05, 3.63) is 48.6 Å². The van der Waals surface area contributed by atoms with E-state index in [-0.39, 0.29) is 5.91 Å². The van der Waals surface area contributed by atoms with Crippen LogP contribution in [0.1, 0.15) is 31.2 Å². The Morgan fingerprint density at radius 3 is 2.87 bits per heavy atom. The van der Waals surface area contributed by atoms with Crippen molar-refractivity contribution in [2.45, 2.75) is 32.1 Å². The molecule has 0 saturated carbocycles. The van der Waals surface area contributed by atoms with Crippen molar-refractivity contribution in [1.29, 1.82) is 0 Å². The van der Waals surface area contributed by atoms with E-state index >= 15 is 0 Å². The zero-order valence-corrected chi connectivity index (χ0v) is 14.4. The maximum atomic E-state index is 12.5. The van der Waals surface area contributed by atoms with E-state index in [0.29, 0.717) is 12.3 Å². The van der Waals surface area contributed by atoms with Gasteiger partial charge in [-0.3, -0.25) is 4.79 Å². The topological polar surface area (TPSA) is 23.6 Å². The minimum Gasteiger partial charge on any atom is -0.342 e. The summed E-state index contributed by atoms with van der Waals surface area (Å²) in [5.74, 6) is 0.881. The Morgan fingerprint density at radius 1 is 1.39 bits per heavy atom. The van der Waals surface area contributed by atoms with E-state index < -0.39 is 0 Å². The molecule has 3 nitrogen and oxygen atoms in total. The summed E-state index contributed by atoms with van der Waals surface area (Å²) in [4.78, 5) is 17.0. The number of likely N-dealkylation sites (tertiary alicyclic amines) is 1. The zero-order valence-electron chi connectivity index (χ0n) is 14.4. The number of amides is 1. The van der Waals surface area contributed by atoms with Crippen LogP contribution in [-0.2, 0) is 11.2 Å². The van der Waals surface area contributed by atoms with Gasteiger partial charge in [-0.1, -0.05) is 36.4 Å². The molecule has 0 unspecified atom stereocenters. The number of carbonyl (C=O) groups is 1. The van der Waals surface area contributed by atoms with Crippen LogP contribution >= 0.6 is 0 Å². The number of rotatable bonds is 8. The highest BCUT2D eigenvalue weighted by molar-refractivity contribution is 5.76. The summed E-state index contributed by atoms with van der Waals surface area (Å²) < 4.78 is 0. The van der Waals surface area contributed by atoms with Crippen LogP contribution in [0.2, 0.25) is 0 Å². The Bertz CT molecular complexity index is 486. The Morgan fingerprint density at radius 2 is 2.17 bits per heavy atom. The third kappa shape index (κ3) is 6.19. The van der Waals surface area contributed by atoms with Crippen LogP contribution in [0.25, 0.3) is 0 Å². The molecule has 1 aromatic rings. The zero-order chi connectivity index (χ0) is 16.5. The van der Waals surface area contributed by atoms with Gasteiger partial charge in [0.25, 0.3) is 0 Å². The molecule has 0 bridgehead atoms. The molecule has 0 N–H and O–H groups in total. The summed E-state index contributed by atoms with van der Waals surface area (Å²) in [6.07, 6.45) is 6.60. The van der Waals surface area contributed by atoms with E-state index in [2.05, 4.69) is 47.7 Å². The summed E-state index contributed by atoms with van der Waals surface area (Å²) in [5, 5.41) is 0. The maximum absolute atomic E-state index is 12.5. The van der Waals surface area contributed by atoms with E-state index in [4.69, 9.17) is 0 Å². The predicted octanol–water partition coefficient (Wildman–Crippen LogP) is 3.37. The van der Waals surface area contributed by atoms with Crippen LogP contribution in [-0.4, -0.2) is 48.9 Å². The first-order valence-electron chi connectivity index (χ1n) is 8.80. The largest absolute Gasteiger partial charge is 0.342 e. The molecule has 1 heterocycles. The van der Waals surface area contributed by atoms with Gasteiger partial charge >= 0.3 is 0 Å². The molecular formula is C20H30N2O. The number of nitrogens with zero attached hydrogens (tertiary/aromatic N) is 2. The molecule has 0 aromatic heterocycles. The first-order chi connectivity index (χ1) is 11.2. The Labute approximate surface area is 141 Å². The van der Waals surface area contributed by atoms with Crippen molar-refractivity contribution in [3.63, 3.8) is 0 Å². The number of hydrogen-bond acceptors (Lipinski definition) is 2. The standard InChI is InChI=1S/C20H30N2O/c1-3-4-12-20(23)22(15-13-18-9-6-5-7-10-18)17-19-11-8-14-21(2)16-19/h3,5-7,9-10,19H,1,4,8,11-17H2,2H3/t19-/m1/s1. The summed E-state index contributed by atoms with van der Waals surface area (Å²) in [7, 11) is 2.18. The van der Waals surface area contributed by atoms with Gasteiger partial charge in [-0.15, -0.1) is 6.58 Å². The molecule has 0 radical (unpaired) electrons. The average Bonchev–Trinajstić information content (AvgIpc) is 2.57. The van der Waals surface area contributed by atoms with Crippen LogP contribution in [0, 0.1) is 5.92 Å². The number of benzene rings is 1. The fourth-order valence-electron chi connectivity index (χ4n) is 3.34. The first-order valence-corrected chi connectivity index (χ1v) is 8.80. The lowest BCUT2D eigenvalue weighted by Crippen LogP contribution is -2.42. The molecule has 1 aliphatic heterocycles. The average molecular weight is 314 g/mol. The van der Waals surface area contributed by atoms with Crippen LogP contribution in [0.5, 0.6) is 0 Å². The lowest BCUT2D eigenvalue weighted by atomic mass is 9.97. The molecule has 1 fully saturated rings. The number of allylic oxidation sites excluding steroid dienone is 1. The van der Waals surface area contributed by atoms with E-state index in [0.717, 1.165) is 32.5 Å². The van der Waals surface area contributed by atoms with Gasteiger partial charge in [0, 0.05) is 26.1 Å². The van der Waals surface area contributed by atoms with Gasteiger partial charge in [-0.05, 0) is 50.8 Å². The smallest absolute Gasteiger partial charge is 0.222 e. The van der Waals surface area contributed by atoms with Crippen LogP contribution in [0.15, 0.2) is 43.0 Å². The minimum atomic E-state index is 0.272. The third-order valence-corrected chi connectivity index (χ3v) is 4.63. The molecule has 1 atom stereocenters. The molecule has 0 aliphatic carbocycles. The van der Waals surface area contributed by atoms with Gasteiger partial charge in [0.1, 0.15) is 0 Å². The van der Waals surface area contributed by atoms with Gasteiger partial charge in [0.2, 0.25) is 5.91 Å². The van der Waals surface area contributed by atoms with Gasteiger partial charge in [0.05, 0.1) is 0 Å². The second-order valence-electron chi connectivity index (χ2n) is 6.67. The SMILES string of the molecule is C=CCCC(=O)N(CCc1ccccc1)C[C@@H]1CCCN(C)C1. The van der Waals surface area contributed by atoms with Gasteiger partial charge in [-0.2, -0.15) is 0 Å². The molecule has 1 aromatic carbocycles. The number of piperidine rings is 1. The number of carbonyl (C=O) groups excluding carboxylic acids is 1. The van der Waals surface area contributed by atoms with Crippen molar-refractivity contribution in [1.82, 2.24) is 9.80 Å². The summed E-state index contributed by atoms with van der Waals surface area (Å²) in [5.41, 5.74) is 1.30. The Balaban J connectivity index is 1.93. The van der Waals surface area contributed by atoms with Gasteiger partial charge in [0.15, 0.2) is 0 Å². The Kier molecular flexibility index (Phi) is 7.34. The summed E-state index contributed by atoms with van der Waals surface area (Å²) in [6, 6.07) is 10.4. The molecule has 0 spiro atoms. The molecule has 1 amide bonds. The quantitative estimate of drug-likeness (QED) is 0.687. The molecule has 2 rings (SSSR count). The van der Waals surface area contributed by atoms with E-state index in [1.54, 1.807) is 0 Å². The van der Waals surface area contributed by atoms with E-state index in [9.17, 15) is 4.79 Å². The maximum Gasteiger partial charge on any atom is 0.222 e. The van der Waals surface area contributed by atoms with Crippen LogP contribution in [0.3, 0.4) is 0 Å². The second-order valence-corrected chi connectivity index (χ2v) is 6.67. The third-order valence-electron chi connectivity index (χ3n) is 4.63. The highest BCUT2D eigenvalue weighted by atomic mass is 16.2. The summed E-state index contributed by atoms with van der Waals surface area (Å²) >= 11 is 0. The summed E-state index contributed by atoms with van der Waals surface area (Å²) in [6.45, 7) is 7.74. The molecule has 3 heteroatoms. The van der Waals surface area contributed by atoms with Crippen LogP contribution < -0.4 is 0 Å². The monoisotopic (exact) mass is 314 g/mol. The minimum absolute atomic E-state index is 0.272. The van der Waals surface area contributed by atoms with Crippen molar-refractivity contribution < 1.29 is 4.79 Å². The van der Waals surface area contributed by atoms with Crippen molar-refractivity contribution >= 4 is 5.91 Å². The van der Waals surface area contributed by atoms with Crippen LogP contribution in [0.4, 0.5) is 0 Å². The number of hydrogen-bond donors (Lipinski definition) is 0. The highest BCUT2D eigenvalue weighted by Gasteiger charge is 2.22. The predicted molar refractivity (Wildman–Crippen MR) is 96.4 cm³/mol. The fourth-order valence-corrected chi connectivity index (χ4v) is 3.34. The second kappa shape index (κ2) is 9.51. The van der Waals surface area contributed by atoms with Crippen molar-refractivity contribution in [2.24, 2.45) is 5.92 Å². The first kappa shape index (κ1) is 17.7. The molecule has 1 aliphatic rings. The Hall–Kier alpha value is -1.61. The van der Waals surface area contributed by atoms with Gasteiger partial charge < -0.3 is 9.80 Å². The van der Waals surface area contributed by atoms with E-state index in [1.807, 2.05) is 12.1 Å². The lowest BCUT2D eigenvalue weighted by molar-refractivity contribution is -0.132.